The maximum Gasteiger partial charge on any atom is 0.459 e. The van der Waals surface area contributed by atoms with E-state index < -0.39 is 30.7 Å². The number of hydrogen-bond acceptors (Lipinski definition) is 10. The smallest absolute Gasteiger partial charge is 0.459 e. The molecule has 0 spiro atoms. The third kappa shape index (κ3) is 5.28. The van der Waals surface area contributed by atoms with Gasteiger partial charge in [0.05, 0.1) is 20.3 Å². The van der Waals surface area contributed by atoms with Gasteiger partial charge in [-0.25, -0.2) is 9.55 Å². The molecule has 0 saturated heterocycles. The number of aromatic amines is 1. The Labute approximate surface area is 199 Å². The number of esters is 1. The largest absolute Gasteiger partial charge is 0.468 e. The molecule has 1 aliphatic carbocycles. The van der Waals surface area contributed by atoms with Crippen LogP contribution in [0.3, 0.4) is 0 Å². The minimum absolute atomic E-state index is 0.0556. The Morgan fingerprint density at radius 2 is 2.17 bits per heavy atom. The van der Waals surface area contributed by atoms with Crippen LogP contribution in [0, 0.1) is 5.41 Å². The number of aliphatic hydroxyl groups excluding tert-OH is 1. The summed E-state index contributed by atoms with van der Waals surface area (Å²) in [6.07, 6.45) is 3.48. The molecule has 0 bridgehead atoms. The van der Waals surface area contributed by atoms with Crippen molar-refractivity contribution in [3.05, 3.63) is 52.6 Å². The molecule has 3 aromatic rings. The van der Waals surface area contributed by atoms with Crippen molar-refractivity contribution in [2.75, 3.05) is 26.1 Å². The summed E-state index contributed by atoms with van der Waals surface area (Å²) in [6.45, 7) is 0.980. The van der Waals surface area contributed by atoms with Crippen LogP contribution in [0.2, 0.25) is 0 Å². The van der Waals surface area contributed by atoms with Crippen LogP contribution in [0.5, 0.6) is 5.75 Å². The second kappa shape index (κ2) is 9.62. The number of nitrogens with zero attached hydrogens (tertiary/aromatic N) is 3. The van der Waals surface area contributed by atoms with Gasteiger partial charge in [0, 0.05) is 11.6 Å². The van der Waals surface area contributed by atoms with E-state index in [-0.39, 0.29) is 36.1 Å². The van der Waals surface area contributed by atoms with Gasteiger partial charge in [-0.05, 0) is 31.1 Å². The summed E-state index contributed by atoms with van der Waals surface area (Å²) in [5, 5.41) is 12.7. The molecule has 2 heterocycles. The second-order valence-electron chi connectivity index (χ2n) is 8.09. The predicted octanol–water partition coefficient (Wildman–Crippen LogP) is 1.28. The van der Waals surface area contributed by atoms with Crippen LogP contribution in [0.4, 0.5) is 5.95 Å². The monoisotopic (exact) mass is 504 g/mol. The first-order valence-electron chi connectivity index (χ1n) is 10.6. The number of nitrogens with two attached hydrogens (primary N) is 1. The van der Waals surface area contributed by atoms with Crippen molar-refractivity contribution in [3.8, 4) is 5.75 Å². The van der Waals surface area contributed by atoms with Crippen molar-refractivity contribution in [1.82, 2.24) is 24.6 Å². The number of rotatable bonds is 10. The van der Waals surface area contributed by atoms with Crippen LogP contribution in [-0.4, -0.2) is 57.0 Å². The SMILES string of the molecule is COC(=O)[C@H](C)NP(=O)(OCC1(CO)C/C1=C\n1cnc2c(=O)[nH]c(N)nc21)Oc1ccccc1. The van der Waals surface area contributed by atoms with Crippen LogP contribution in [-0.2, 0) is 18.6 Å². The fourth-order valence-corrected chi connectivity index (χ4v) is 5.02. The van der Waals surface area contributed by atoms with E-state index in [9.17, 15) is 19.3 Å². The number of nitrogens with one attached hydrogen (secondary N) is 2. The van der Waals surface area contributed by atoms with Gasteiger partial charge < -0.3 is 20.1 Å². The lowest BCUT2D eigenvalue weighted by Crippen LogP contribution is -2.35. The standard InChI is InChI=1S/C21H25N6O7P/c1-13(19(30)32-2)26-35(31,34-15-6-4-3-5-7-15)33-11-21(10-28)8-14(21)9-27-12-23-16-17(27)24-20(22)25-18(16)29/h3-7,9,12-13,28H,8,10-11H2,1-2H3,(H,26,31)(H3,22,24,25,29)/b14-9+/t13-,21?,35?/m0/s1. The summed E-state index contributed by atoms with van der Waals surface area (Å²) in [7, 11) is -2.86. The summed E-state index contributed by atoms with van der Waals surface area (Å²) in [5.74, 6) is -0.438. The highest BCUT2D eigenvalue weighted by atomic mass is 31.2. The van der Waals surface area contributed by atoms with Gasteiger partial charge in [-0.3, -0.25) is 23.7 Å². The number of aliphatic hydroxyl groups is 1. The molecular weight excluding hydrogens is 479 g/mol. The van der Waals surface area contributed by atoms with Gasteiger partial charge in [0.2, 0.25) is 5.95 Å². The lowest BCUT2D eigenvalue weighted by Gasteiger charge is -2.24. The van der Waals surface area contributed by atoms with Gasteiger partial charge in [-0.2, -0.15) is 10.1 Å². The third-order valence-electron chi connectivity index (χ3n) is 5.52. The highest BCUT2D eigenvalue weighted by molar-refractivity contribution is 7.52. The fourth-order valence-electron chi connectivity index (χ4n) is 3.44. The van der Waals surface area contributed by atoms with Crippen LogP contribution in [0.1, 0.15) is 13.3 Å². The van der Waals surface area contributed by atoms with E-state index in [1.807, 2.05) is 0 Å². The number of benzene rings is 1. The van der Waals surface area contributed by atoms with Crippen LogP contribution >= 0.6 is 7.75 Å². The molecule has 4 rings (SSSR count). The maximum absolute atomic E-state index is 13.5. The van der Waals surface area contributed by atoms with Gasteiger partial charge in [0.25, 0.3) is 5.56 Å². The number of carbonyl (C=O) groups is 1. The number of methoxy groups -OCH3 is 1. The number of H-pyrrole nitrogens is 1. The van der Waals surface area contributed by atoms with E-state index in [0.29, 0.717) is 6.42 Å². The normalized spacial score (nSPS) is 20.9. The Kier molecular flexibility index (Phi) is 6.77. The zero-order chi connectivity index (χ0) is 25.2. The molecule has 1 saturated carbocycles. The average molecular weight is 504 g/mol. The van der Waals surface area contributed by atoms with Gasteiger partial charge in [0.1, 0.15) is 18.1 Å². The summed E-state index contributed by atoms with van der Waals surface area (Å²) in [4.78, 5) is 34.4. The topological polar surface area (TPSA) is 184 Å². The zero-order valence-electron chi connectivity index (χ0n) is 19.0. The minimum Gasteiger partial charge on any atom is -0.468 e. The average Bonchev–Trinajstić information content (AvgIpc) is 3.38. The minimum atomic E-state index is -4.07. The summed E-state index contributed by atoms with van der Waals surface area (Å²) in [5.41, 5.74) is 5.43. The Balaban J connectivity index is 1.55. The molecular formula is C21H25N6O7P. The third-order valence-corrected chi connectivity index (χ3v) is 7.14. The lowest BCUT2D eigenvalue weighted by molar-refractivity contribution is -0.142. The molecule has 1 aliphatic rings. The van der Waals surface area contributed by atoms with Crippen molar-refractivity contribution in [3.63, 3.8) is 0 Å². The highest BCUT2D eigenvalue weighted by Gasteiger charge is 2.51. The second-order valence-corrected chi connectivity index (χ2v) is 9.79. The van der Waals surface area contributed by atoms with Gasteiger partial charge in [-0.1, -0.05) is 18.2 Å². The van der Waals surface area contributed by atoms with Crippen molar-refractivity contribution in [2.24, 2.45) is 5.41 Å². The number of carbonyl (C=O) groups excluding carboxylic acids is 1. The van der Waals surface area contributed by atoms with Crippen LogP contribution in [0.25, 0.3) is 17.4 Å². The van der Waals surface area contributed by atoms with Gasteiger partial charge in [0.15, 0.2) is 11.2 Å². The number of hydrogen-bond donors (Lipinski definition) is 4. The van der Waals surface area contributed by atoms with E-state index in [1.165, 1.54) is 24.9 Å². The molecule has 5 N–H and O–H groups in total. The molecule has 1 aromatic carbocycles. The first kappa shape index (κ1) is 24.6. The summed E-state index contributed by atoms with van der Waals surface area (Å²) >= 11 is 0. The molecule has 13 nitrogen and oxygen atoms in total. The lowest BCUT2D eigenvalue weighted by atomic mass is 10.1. The number of fused-ring (bicyclic) bond motifs is 1. The molecule has 35 heavy (non-hydrogen) atoms. The van der Waals surface area contributed by atoms with E-state index in [0.717, 1.165) is 5.57 Å². The quantitative estimate of drug-likeness (QED) is 0.230. The molecule has 186 valence electrons. The number of ether oxygens (including phenoxy) is 1. The van der Waals surface area contributed by atoms with Crippen molar-refractivity contribution < 1.29 is 28.3 Å². The highest BCUT2D eigenvalue weighted by Crippen LogP contribution is 2.56. The van der Waals surface area contributed by atoms with Crippen molar-refractivity contribution in [1.29, 1.82) is 0 Å². The molecule has 0 aliphatic heterocycles. The van der Waals surface area contributed by atoms with Crippen molar-refractivity contribution in [2.45, 2.75) is 19.4 Å². The maximum atomic E-state index is 13.5. The number of anilines is 1. The first-order valence-corrected chi connectivity index (χ1v) is 12.1. The number of imidazole rings is 1. The Morgan fingerprint density at radius 3 is 2.86 bits per heavy atom. The Morgan fingerprint density at radius 1 is 1.43 bits per heavy atom. The summed E-state index contributed by atoms with van der Waals surface area (Å²) < 4.78 is 31.0. The fraction of sp³-hybridized carbons (Fsp3) is 0.333. The number of aromatic nitrogens is 4. The molecule has 0 radical (unpaired) electrons. The Hall–Kier alpha value is -3.51. The summed E-state index contributed by atoms with van der Waals surface area (Å²) in [6, 6.07) is 7.36. The first-order chi connectivity index (χ1) is 16.7. The molecule has 2 unspecified atom stereocenters. The molecule has 0 amide bonds. The molecule has 2 aromatic heterocycles. The molecule has 1 fully saturated rings. The van der Waals surface area contributed by atoms with Crippen molar-refractivity contribution >= 4 is 37.0 Å². The van der Waals surface area contributed by atoms with E-state index in [4.69, 9.17) is 14.8 Å². The zero-order valence-corrected chi connectivity index (χ0v) is 19.9. The molecule has 14 heteroatoms. The van der Waals surface area contributed by atoms with Crippen LogP contribution < -0.4 is 20.9 Å². The van der Waals surface area contributed by atoms with Gasteiger partial charge >= 0.3 is 13.7 Å². The Bertz CT molecular complexity index is 1370. The van der Waals surface area contributed by atoms with E-state index >= 15 is 0 Å². The molecule has 3 atom stereocenters. The van der Waals surface area contributed by atoms with E-state index in [2.05, 4.69) is 24.8 Å². The van der Waals surface area contributed by atoms with Gasteiger partial charge in [-0.15, -0.1) is 0 Å². The van der Waals surface area contributed by atoms with Crippen LogP contribution in [0.15, 0.2) is 47.0 Å². The number of nitrogen functional groups attached to an aromatic ring is 1. The predicted molar refractivity (Wildman–Crippen MR) is 126 cm³/mol. The van der Waals surface area contributed by atoms with E-state index in [1.54, 1.807) is 36.5 Å². The number of para-hydroxylation sites is 1.